The Bertz CT molecular complexity index is 904. The van der Waals surface area contributed by atoms with Gasteiger partial charge in [0.1, 0.15) is 5.82 Å². The van der Waals surface area contributed by atoms with E-state index < -0.39 is 0 Å². The average Bonchev–Trinajstić information content (AvgIpc) is 2.73. The Labute approximate surface area is 176 Å². The van der Waals surface area contributed by atoms with Crippen LogP contribution in [0.25, 0.3) is 0 Å². The lowest BCUT2D eigenvalue weighted by Crippen LogP contribution is -2.55. The summed E-state index contributed by atoms with van der Waals surface area (Å²) in [6.45, 7) is 4.58. The summed E-state index contributed by atoms with van der Waals surface area (Å²) >= 11 is 0. The lowest BCUT2D eigenvalue weighted by atomic mass is 10.0. The van der Waals surface area contributed by atoms with Crippen molar-refractivity contribution in [2.45, 2.75) is 38.4 Å². The zero-order valence-corrected chi connectivity index (χ0v) is 17.2. The van der Waals surface area contributed by atoms with Gasteiger partial charge in [0.15, 0.2) is 0 Å². The number of nitrogens with zero attached hydrogens (tertiary/aromatic N) is 3. The van der Waals surface area contributed by atoms with Crippen LogP contribution in [0.1, 0.15) is 34.5 Å². The van der Waals surface area contributed by atoms with E-state index in [9.17, 15) is 9.18 Å². The number of hydrogen-bond acceptors (Lipinski definition) is 5. The number of nitrogens with one attached hydrogen (secondary N) is 1. The number of rotatable bonds is 6. The monoisotopic (exact) mass is 410 g/mol. The number of hydrogen-bond donors (Lipinski definition) is 1. The van der Waals surface area contributed by atoms with Crippen LogP contribution in [0.3, 0.4) is 0 Å². The van der Waals surface area contributed by atoms with Crippen molar-refractivity contribution in [3.63, 3.8) is 0 Å². The van der Waals surface area contributed by atoms with Gasteiger partial charge in [-0.3, -0.25) is 9.78 Å². The van der Waals surface area contributed by atoms with E-state index in [0.29, 0.717) is 49.4 Å². The lowest BCUT2D eigenvalue weighted by molar-refractivity contribution is -0.0497. The molecule has 0 radical (unpaired) electrons. The zero-order chi connectivity index (χ0) is 21.1. The highest BCUT2D eigenvalue weighted by Gasteiger charge is 2.33. The maximum atomic E-state index is 14.6. The third-order valence-corrected chi connectivity index (χ3v) is 5.84. The highest BCUT2D eigenvalue weighted by Crippen LogP contribution is 2.29. The van der Waals surface area contributed by atoms with Gasteiger partial charge in [0, 0.05) is 44.5 Å². The minimum Gasteiger partial charge on any atom is -0.371 e. The zero-order valence-electron chi connectivity index (χ0n) is 17.2. The molecule has 2 aliphatic rings. The van der Waals surface area contributed by atoms with Crippen LogP contribution in [0, 0.1) is 18.2 Å². The molecule has 0 bridgehead atoms. The third-order valence-electron chi connectivity index (χ3n) is 5.84. The first-order valence-electron chi connectivity index (χ1n) is 10.4. The minimum atomic E-state index is -0.239. The van der Waals surface area contributed by atoms with Gasteiger partial charge in [0.05, 0.1) is 23.5 Å². The summed E-state index contributed by atoms with van der Waals surface area (Å²) in [4.78, 5) is 20.7. The molecule has 30 heavy (non-hydrogen) atoms. The van der Waals surface area contributed by atoms with Crippen molar-refractivity contribution in [1.29, 1.82) is 5.41 Å². The summed E-state index contributed by atoms with van der Waals surface area (Å²) in [5.74, 6) is -0.215. The quantitative estimate of drug-likeness (QED) is 0.743. The fraction of sp³-hybridized carbons (Fsp3) is 0.435. The number of aryl methyl sites for hydroxylation is 1. The molecule has 0 unspecified atom stereocenters. The van der Waals surface area contributed by atoms with E-state index in [4.69, 9.17) is 10.1 Å². The van der Waals surface area contributed by atoms with Gasteiger partial charge in [0.2, 0.25) is 0 Å². The normalized spacial score (nSPS) is 17.7. The van der Waals surface area contributed by atoms with Gasteiger partial charge >= 0.3 is 0 Å². The van der Waals surface area contributed by atoms with Crippen molar-refractivity contribution in [3.05, 3.63) is 59.2 Å². The van der Waals surface area contributed by atoms with Crippen LogP contribution in [0.5, 0.6) is 0 Å². The molecule has 4 rings (SSSR count). The molecule has 0 aliphatic carbocycles. The van der Waals surface area contributed by atoms with Crippen molar-refractivity contribution in [1.82, 2.24) is 9.88 Å². The van der Waals surface area contributed by atoms with Gasteiger partial charge in [-0.15, -0.1) is 0 Å². The second-order valence-corrected chi connectivity index (χ2v) is 8.00. The Morgan fingerprint density at radius 1 is 1.23 bits per heavy atom. The van der Waals surface area contributed by atoms with E-state index in [0.717, 1.165) is 18.5 Å². The predicted octanol–water partition coefficient (Wildman–Crippen LogP) is 3.23. The standard InChI is InChI=1S/C23H27FN4O2/c1-16-5-6-18(13-26-16)23(29)27-11-8-19(9-12-27)30-20-14-28(15-20)21-4-2-3-17(7-10-25)22(21)24/h2-6,10,13,19-20,25H,7-9,11-12,14-15H2,1H3. The number of anilines is 1. The summed E-state index contributed by atoms with van der Waals surface area (Å²) in [6, 6.07) is 9.02. The molecule has 3 heterocycles. The molecule has 1 amide bonds. The number of carbonyl (C=O) groups is 1. The Hall–Kier alpha value is -2.80. The third kappa shape index (κ3) is 4.36. The maximum Gasteiger partial charge on any atom is 0.255 e. The van der Waals surface area contributed by atoms with Crippen LogP contribution >= 0.6 is 0 Å². The highest BCUT2D eigenvalue weighted by atomic mass is 19.1. The number of ether oxygens (including phenoxy) is 1. The van der Waals surface area contributed by atoms with Crippen LogP contribution in [-0.4, -0.2) is 60.4 Å². The van der Waals surface area contributed by atoms with Gasteiger partial charge in [0.25, 0.3) is 5.91 Å². The summed E-state index contributed by atoms with van der Waals surface area (Å²) in [5.41, 5.74) is 2.66. The Morgan fingerprint density at radius 3 is 2.67 bits per heavy atom. The lowest BCUT2D eigenvalue weighted by Gasteiger charge is -2.43. The van der Waals surface area contributed by atoms with Crippen molar-refractivity contribution in [2.75, 3.05) is 31.1 Å². The molecule has 6 nitrogen and oxygen atoms in total. The fourth-order valence-electron chi connectivity index (χ4n) is 4.04. The Kier molecular flexibility index (Phi) is 6.08. The summed E-state index contributed by atoms with van der Waals surface area (Å²) in [6.07, 6.45) is 5.00. The van der Waals surface area contributed by atoms with Gasteiger partial charge in [-0.2, -0.15) is 0 Å². The van der Waals surface area contributed by atoms with Crippen molar-refractivity contribution < 1.29 is 13.9 Å². The largest absolute Gasteiger partial charge is 0.371 e. The first-order valence-corrected chi connectivity index (χ1v) is 10.4. The molecule has 2 aliphatic heterocycles. The molecule has 1 N–H and O–H groups in total. The smallest absolute Gasteiger partial charge is 0.255 e. The summed E-state index contributed by atoms with van der Waals surface area (Å²) in [5, 5.41) is 7.19. The molecule has 0 saturated carbocycles. The Morgan fingerprint density at radius 2 is 2.00 bits per heavy atom. The van der Waals surface area contributed by atoms with Crippen LogP contribution < -0.4 is 4.90 Å². The van der Waals surface area contributed by atoms with E-state index in [2.05, 4.69) is 4.98 Å². The second-order valence-electron chi connectivity index (χ2n) is 8.00. The SMILES string of the molecule is Cc1ccc(C(=O)N2CCC(OC3CN(c4cccc(CC=N)c4F)C3)CC2)cn1. The minimum absolute atomic E-state index is 0.0241. The number of likely N-dealkylation sites (tertiary alicyclic amines) is 1. The summed E-state index contributed by atoms with van der Waals surface area (Å²) < 4.78 is 20.8. The van der Waals surface area contributed by atoms with Crippen molar-refractivity contribution >= 4 is 17.8 Å². The number of benzene rings is 1. The Balaban J connectivity index is 1.24. The molecule has 1 aromatic heterocycles. The molecular formula is C23H27FN4O2. The number of piperidine rings is 1. The molecule has 2 saturated heterocycles. The molecule has 0 spiro atoms. The van der Waals surface area contributed by atoms with Gasteiger partial charge < -0.3 is 19.9 Å². The molecule has 2 fully saturated rings. The van der Waals surface area contributed by atoms with Gasteiger partial charge in [-0.05, 0) is 49.7 Å². The predicted molar refractivity (Wildman–Crippen MR) is 114 cm³/mol. The van der Waals surface area contributed by atoms with E-state index in [1.165, 1.54) is 6.21 Å². The first-order chi connectivity index (χ1) is 14.5. The maximum absolute atomic E-state index is 14.6. The summed E-state index contributed by atoms with van der Waals surface area (Å²) in [7, 11) is 0. The number of halogens is 1. The first kappa shape index (κ1) is 20.5. The highest BCUT2D eigenvalue weighted by molar-refractivity contribution is 5.94. The topological polar surface area (TPSA) is 69.5 Å². The number of amides is 1. The molecule has 2 aromatic rings. The van der Waals surface area contributed by atoms with E-state index in [1.807, 2.05) is 34.9 Å². The molecule has 0 atom stereocenters. The van der Waals surface area contributed by atoms with Gasteiger partial charge in [-0.25, -0.2) is 4.39 Å². The number of aromatic nitrogens is 1. The van der Waals surface area contributed by atoms with Crippen LogP contribution in [0.4, 0.5) is 10.1 Å². The number of pyridine rings is 1. The van der Waals surface area contributed by atoms with Crippen LogP contribution in [-0.2, 0) is 11.2 Å². The fourth-order valence-corrected chi connectivity index (χ4v) is 4.04. The van der Waals surface area contributed by atoms with Crippen molar-refractivity contribution in [3.8, 4) is 0 Å². The van der Waals surface area contributed by atoms with Crippen LogP contribution in [0.2, 0.25) is 0 Å². The average molecular weight is 410 g/mol. The van der Waals surface area contributed by atoms with Crippen molar-refractivity contribution in [2.24, 2.45) is 0 Å². The van der Waals surface area contributed by atoms with E-state index in [1.54, 1.807) is 18.3 Å². The van der Waals surface area contributed by atoms with E-state index >= 15 is 0 Å². The van der Waals surface area contributed by atoms with Gasteiger partial charge in [-0.1, -0.05) is 12.1 Å². The molecule has 7 heteroatoms. The van der Waals surface area contributed by atoms with E-state index in [-0.39, 0.29) is 23.9 Å². The molecule has 158 valence electrons. The van der Waals surface area contributed by atoms with Crippen LogP contribution in [0.15, 0.2) is 36.5 Å². The molecular weight excluding hydrogens is 383 g/mol. The number of carbonyl (C=O) groups excluding carboxylic acids is 1. The second kappa shape index (κ2) is 8.92. The molecule has 1 aromatic carbocycles.